The Morgan fingerprint density at radius 3 is 2.26 bits per heavy atom. The maximum absolute atomic E-state index is 12.2. The van der Waals surface area contributed by atoms with Crippen molar-refractivity contribution in [2.24, 2.45) is 17.6 Å². The maximum atomic E-state index is 12.2. The molecule has 0 aliphatic heterocycles. The van der Waals surface area contributed by atoms with Gasteiger partial charge in [-0.25, -0.2) is 0 Å². The van der Waals surface area contributed by atoms with Crippen molar-refractivity contribution < 1.29 is 9.90 Å². The van der Waals surface area contributed by atoms with Gasteiger partial charge in [0.1, 0.15) is 0 Å². The summed E-state index contributed by atoms with van der Waals surface area (Å²) in [7, 11) is 0. The van der Waals surface area contributed by atoms with Crippen LogP contribution in [0.1, 0.15) is 53.9 Å². The van der Waals surface area contributed by atoms with Crippen LogP contribution >= 0.6 is 0 Å². The molecule has 0 aromatic heterocycles. The average molecular weight is 272 g/mol. The van der Waals surface area contributed by atoms with E-state index in [1.807, 2.05) is 6.92 Å². The summed E-state index contributed by atoms with van der Waals surface area (Å²) in [6.45, 7) is 11.5. The summed E-state index contributed by atoms with van der Waals surface area (Å²) in [5, 5.41) is 9.81. The first-order chi connectivity index (χ1) is 8.71. The van der Waals surface area contributed by atoms with E-state index in [0.29, 0.717) is 37.9 Å². The minimum absolute atomic E-state index is 0.132. The van der Waals surface area contributed by atoms with E-state index in [-0.39, 0.29) is 5.91 Å². The predicted molar refractivity (Wildman–Crippen MR) is 79.8 cm³/mol. The van der Waals surface area contributed by atoms with Gasteiger partial charge in [-0.15, -0.1) is 0 Å². The number of nitrogens with two attached hydrogens (primary N) is 1. The average Bonchev–Trinajstić information content (AvgIpc) is 2.29. The SMILES string of the molecule is CCN(CC(C)(C)O)C(=O)CCC(CCN)C(C)C. The molecule has 0 saturated carbocycles. The molecule has 0 aromatic rings. The van der Waals surface area contributed by atoms with Crippen molar-refractivity contribution in [3.8, 4) is 0 Å². The molecule has 0 fully saturated rings. The Bertz CT molecular complexity index is 259. The Labute approximate surface area is 118 Å². The fraction of sp³-hybridized carbons (Fsp3) is 0.933. The van der Waals surface area contributed by atoms with Crippen molar-refractivity contribution in [2.75, 3.05) is 19.6 Å². The molecule has 4 heteroatoms. The van der Waals surface area contributed by atoms with E-state index in [1.165, 1.54) is 0 Å². The van der Waals surface area contributed by atoms with Crippen molar-refractivity contribution in [2.45, 2.75) is 59.5 Å². The summed E-state index contributed by atoms with van der Waals surface area (Å²) in [5.74, 6) is 1.20. The monoisotopic (exact) mass is 272 g/mol. The zero-order valence-electron chi connectivity index (χ0n) is 13.3. The van der Waals surface area contributed by atoms with Crippen LogP contribution in [0.15, 0.2) is 0 Å². The number of rotatable bonds is 9. The molecule has 114 valence electrons. The summed E-state index contributed by atoms with van der Waals surface area (Å²) < 4.78 is 0. The van der Waals surface area contributed by atoms with Crippen molar-refractivity contribution in [3.05, 3.63) is 0 Å². The molecule has 0 bridgehead atoms. The third-order valence-electron chi connectivity index (χ3n) is 3.52. The normalized spacial score (nSPS) is 13.7. The number of likely N-dealkylation sites (N-methyl/N-ethyl adjacent to an activating group) is 1. The lowest BCUT2D eigenvalue weighted by molar-refractivity contribution is -0.134. The van der Waals surface area contributed by atoms with Crippen molar-refractivity contribution in [1.29, 1.82) is 0 Å². The highest BCUT2D eigenvalue weighted by Crippen LogP contribution is 2.21. The molecular formula is C15H32N2O2. The van der Waals surface area contributed by atoms with Crippen LogP contribution in [0, 0.1) is 11.8 Å². The first-order valence-electron chi connectivity index (χ1n) is 7.41. The van der Waals surface area contributed by atoms with Crippen LogP contribution in [0.2, 0.25) is 0 Å². The van der Waals surface area contributed by atoms with E-state index in [0.717, 1.165) is 12.8 Å². The van der Waals surface area contributed by atoms with Gasteiger partial charge in [0.25, 0.3) is 0 Å². The lowest BCUT2D eigenvalue weighted by Gasteiger charge is -2.29. The molecule has 1 amide bonds. The first-order valence-corrected chi connectivity index (χ1v) is 7.41. The zero-order chi connectivity index (χ0) is 15.1. The van der Waals surface area contributed by atoms with Gasteiger partial charge in [-0.2, -0.15) is 0 Å². The van der Waals surface area contributed by atoms with Gasteiger partial charge in [-0.3, -0.25) is 4.79 Å². The maximum Gasteiger partial charge on any atom is 0.222 e. The number of amides is 1. The summed E-state index contributed by atoms with van der Waals surface area (Å²) in [6, 6.07) is 0. The van der Waals surface area contributed by atoms with Crippen LogP contribution in [-0.2, 0) is 4.79 Å². The Morgan fingerprint density at radius 2 is 1.89 bits per heavy atom. The van der Waals surface area contributed by atoms with Crippen LogP contribution in [0.4, 0.5) is 0 Å². The standard InChI is InChI=1S/C15H32N2O2/c1-6-17(11-15(4,5)19)14(18)8-7-13(9-10-16)12(2)3/h12-13,19H,6-11,16H2,1-5H3. The van der Waals surface area contributed by atoms with E-state index in [1.54, 1.807) is 18.7 Å². The molecule has 0 spiro atoms. The van der Waals surface area contributed by atoms with Gasteiger partial charge < -0.3 is 15.7 Å². The number of carbonyl (C=O) groups excluding carboxylic acids is 1. The molecule has 1 atom stereocenters. The molecule has 0 aliphatic carbocycles. The predicted octanol–water partition coefficient (Wildman–Crippen LogP) is 2.01. The highest BCUT2D eigenvalue weighted by atomic mass is 16.3. The van der Waals surface area contributed by atoms with Crippen molar-refractivity contribution >= 4 is 5.91 Å². The summed E-state index contributed by atoms with van der Waals surface area (Å²) in [5.41, 5.74) is 4.78. The minimum Gasteiger partial charge on any atom is -0.389 e. The van der Waals surface area contributed by atoms with Gasteiger partial charge in [0, 0.05) is 19.5 Å². The molecule has 19 heavy (non-hydrogen) atoms. The molecular weight excluding hydrogens is 240 g/mol. The molecule has 3 N–H and O–H groups in total. The van der Waals surface area contributed by atoms with E-state index in [4.69, 9.17) is 5.73 Å². The Morgan fingerprint density at radius 1 is 1.32 bits per heavy atom. The molecule has 0 radical (unpaired) electrons. The van der Waals surface area contributed by atoms with Crippen LogP contribution < -0.4 is 5.73 Å². The second kappa shape index (κ2) is 8.54. The molecule has 1 unspecified atom stereocenters. The molecule has 0 heterocycles. The van der Waals surface area contributed by atoms with E-state index < -0.39 is 5.60 Å². The fourth-order valence-electron chi connectivity index (χ4n) is 2.34. The van der Waals surface area contributed by atoms with Crippen LogP contribution in [0.5, 0.6) is 0 Å². The highest BCUT2D eigenvalue weighted by molar-refractivity contribution is 5.76. The number of nitrogens with zero attached hydrogens (tertiary/aromatic N) is 1. The molecule has 0 saturated heterocycles. The lowest BCUT2D eigenvalue weighted by atomic mass is 9.88. The number of hydrogen-bond acceptors (Lipinski definition) is 3. The lowest BCUT2D eigenvalue weighted by Crippen LogP contribution is -2.42. The number of aliphatic hydroxyl groups is 1. The Hall–Kier alpha value is -0.610. The van der Waals surface area contributed by atoms with E-state index in [9.17, 15) is 9.90 Å². The van der Waals surface area contributed by atoms with Gasteiger partial charge in [-0.05, 0) is 52.0 Å². The molecule has 4 nitrogen and oxygen atoms in total. The molecule has 0 aromatic carbocycles. The van der Waals surface area contributed by atoms with Gasteiger partial charge in [0.2, 0.25) is 5.91 Å². The minimum atomic E-state index is -0.833. The largest absolute Gasteiger partial charge is 0.389 e. The van der Waals surface area contributed by atoms with Crippen LogP contribution in [-0.4, -0.2) is 41.1 Å². The Kier molecular flexibility index (Phi) is 8.26. The number of hydrogen-bond donors (Lipinski definition) is 2. The smallest absolute Gasteiger partial charge is 0.222 e. The third-order valence-corrected chi connectivity index (χ3v) is 3.52. The summed E-state index contributed by atoms with van der Waals surface area (Å²) >= 11 is 0. The van der Waals surface area contributed by atoms with Crippen molar-refractivity contribution in [3.63, 3.8) is 0 Å². The number of carbonyl (C=O) groups is 1. The van der Waals surface area contributed by atoms with Gasteiger partial charge in [-0.1, -0.05) is 13.8 Å². The molecule has 0 aliphatic rings. The van der Waals surface area contributed by atoms with Gasteiger partial charge in [0.05, 0.1) is 5.60 Å². The Balaban J connectivity index is 4.33. The van der Waals surface area contributed by atoms with Crippen LogP contribution in [0.25, 0.3) is 0 Å². The second-order valence-corrected chi connectivity index (χ2v) is 6.34. The third kappa shape index (κ3) is 8.22. The van der Waals surface area contributed by atoms with E-state index in [2.05, 4.69) is 13.8 Å². The summed E-state index contributed by atoms with van der Waals surface area (Å²) in [4.78, 5) is 13.9. The quantitative estimate of drug-likeness (QED) is 0.674. The van der Waals surface area contributed by atoms with Crippen molar-refractivity contribution in [1.82, 2.24) is 4.90 Å². The van der Waals surface area contributed by atoms with Gasteiger partial charge >= 0.3 is 0 Å². The van der Waals surface area contributed by atoms with Gasteiger partial charge in [0.15, 0.2) is 0 Å². The highest BCUT2D eigenvalue weighted by Gasteiger charge is 2.22. The first kappa shape index (κ1) is 18.4. The molecule has 0 rings (SSSR count). The fourth-order valence-corrected chi connectivity index (χ4v) is 2.34. The van der Waals surface area contributed by atoms with Crippen LogP contribution in [0.3, 0.4) is 0 Å². The topological polar surface area (TPSA) is 66.6 Å². The zero-order valence-corrected chi connectivity index (χ0v) is 13.3. The van der Waals surface area contributed by atoms with E-state index >= 15 is 0 Å². The second-order valence-electron chi connectivity index (χ2n) is 6.34. The summed E-state index contributed by atoms with van der Waals surface area (Å²) in [6.07, 6.45) is 2.41.